The normalized spacial score (nSPS) is 15.2. The predicted octanol–water partition coefficient (Wildman–Crippen LogP) is 1.01. The summed E-state index contributed by atoms with van der Waals surface area (Å²) in [6.07, 6.45) is 3.69. The molecule has 1 aromatic heterocycles. The van der Waals surface area contributed by atoms with Crippen molar-refractivity contribution >= 4 is 5.91 Å². The molecule has 7 nitrogen and oxygen atoms in total. The Kier molecular flexibility index (Phi) is 5.65. The number of aromatic nitrogens is 3. The first kappa shape index (κ1) is 17.4. The van der Waals surface area contributed by atoms with Crippen LogP contribution in [0.4, 0.5) is 0 Å². The van der Waals surface area contributed by atoms with Crippen LogP contribution in [0, 0.1) is 0 Å². The molecule has 2 N–H and O–H groups in total. The van der Waals surface area contributed by atoms with Crippen molar-refractivity contribution in [2.24, 2.45) is 0 Å². The maximum Gasteiger partial charge on any atom is 0.346 e. The van der Waals surface area contributed by atoms with E-state index in [1.54, 1.807) is 4.57 Å². The van der Waals surface area contributed by atoms with E-state index in [2.05, 4.69) is 10.4 Å². The Morgan fingerprint density at radius 1 is 1.24 bits per heavy atom. The van der Waals surface area contributed by atoms with Crippen LogP contribution in [-0.2, 0) is 24.3 Å². The van der Waals surface area contributed by atoms with Gasteiger partial charge in [0.2, 0.25) is 5.91 Å². The molecule has 7 heteroatoms. The average molecular weight is 344 g/mol. The molecule has 1 unspecified atom stereocenters. The summed E-state index contributed by atoms with van der Waals surface area (Å²) in [5.41, 5.74) is 0.613. The number of benzene rings is 1. The van der Waals surface area contributed by atoms with Gasteiger partial charge in [-0.05, 0) is 24.8 Å². The van der Waals surface area contributed by atoms with Gasteiger partial charge in [0.15, 0.2) is 0 Å². The lowest BCUT2D eigenvalue weighted by Gasteiger charge is -2.11. The van der Waals surface area contributed by atoms with Crippen molar-refractivity contribution < 1.29 is 9.90 Å². The van der Waals surface area contributed by atoms with E-state index in [-0.39, 0.29) is 18.1 Å². The molecule has 3 rings (SSSR count). The molecule has 1 atom stereocenters. The number of aliphatic hydroxyl groups is 1. The number of hydrogen-bond donors (Lipinski definition) is 2. The third-order valence-electron chi connectivity index (χ3n) is 4.50. The van der Waals surface area contributed by atoms with Crippen LogP contribution in [0.2, 0.25) is 0 Å². The van der Waals surface area contributed by atoms with Crippen molar-refractivity contribution in [3.05, 3.63) is 52.2 Å². The highest BCUT2D eigenvalue weighted by Crippen LogP contribution is 2.14. The van der Waals surface area contributed by atoms with Gasteiger partial charge in [-0.1, -0.05) is 36.8 Å². The van der Waals surface area contributed by atoms with Crippen LogP contribution in [0.1, 0.15) is 43.2 Å². The van der Waals surface area contributed by atoms with Crippen molar-refractivity contribution in [3.8, 4) is 0 Å². The van der Waals surface area contributed by atoms with Gasteiger partial charge in [-0.15, -0.1) is 0 Å². The van der Waals surface area contributed by atoms with Crippen LogP contribution >= 0.6 is 0 Å². The number of carbonyl (C=O) groups is 1. The predicted molar refractivity (Wildman–Crippen MR) is 93.1 cm³/mol. The molecule has 25 heavy (non-hydrogen) atoms. The largest absolute Gasteiger partial charge is 0.388 e. The molecule has 0 saturated carbocycles. The third kappa shape index (κ3) is 4.36. The zero-order valence-electron chi connectivity index (χ0n) is 14.2. The van der Waals surface area contributed by atoms with Crippen LogP contribution in [0.15, 0.2) is 35.1 Å². The van der Waals surface area contributed by atoms with Crippen molar-refractivity contribution in [1.82, 2.24) is 19.7 Å². The minimum absolute atomic E-state index is 0.0831. The zero-order chi connectivity index (χ0) is 17.6. The molecule has 0 saturated heterocycles. The Labute approximate surface area is 146 Å². The lowest BCUT2D eigenvalue weighted by Crippen LogP contribution is -2.34. The van der Waals surface area contributed by atoms with Gasteiger partial charge >= 0.3 is 5.69 Å². The van der Waals surface area contributed by atoms with Gasteiger partial charge in [0.25, 0.3) is 0 Å². The summed E-state index contributed by atoms with van der Waals surface area (Å²) in [7, 11) is 0. The van der Waals surface area contributed by atoms with Crippen LogP contribution in [0.5, 0.6) is 0 Å². The molecule has 0 bridgehead atoms. The number of aliphatic hydroxyl groups excluding tert-OH is 1. The number of nitrogens with zero attached hydrogens (tertiary/aromatic N) is 3. The molecule has 1 aliphatic heterocycles. The fourth-order valence-electron chi connectivity index (χ4n) is 3.11. The van der Waals surface area contributed by atoms with E-state index in [4.69, 9.17) is 0 Å². The van der Waals surface area contributed by atoms with E-state index in [0.717, 1.165) is 37.1 Å². The van der Waals surface area contributed by atoms with Gasteiger partial charge in [0, 0.05) is 19.5 Å². The summed E-state index contributed by atoms with van der Waals surface area (Å²) in [4.78, 5) is 24.4. The van der Waals surface area contributed by atoms with Crippen LogP contribution in [0.25, 0.3) is 0 Å². The highest BCUT2D eigenvalue weighted by Gasteiger charge is 2.17. The summed E-state index contributed by atoms with van der Waals surface area (Å²) < 4.78 is 2.92. The summed E-state index contributed by atoms with van der Waals surface area (Å²) in [5.74, 6) is 0.505. The second kappa shape index (κ2) is 8.11. The van der Waals surface area contributed by atoms with Crippen molar-refractivity contribution in [3.63, 3.8) is 0 Å². The average Bonchev–Trinajstić information content (AvgIpc) is 2.79. The van der Waals surface area contributed by atoms with Gasteiger partial charge in [-0.2, -0.15) is 5.10 Å². The second-order valence-electron chi connectivity index (χ2n) is 6.38. The molecular weight excluding hydrogens is 320 g/mol. The van der Waals surface area contributed by atoms with Crippen LogP contribution in [0.3, 0.4) is 0 Å². The number of nitrogens with one attached hydrogen (secondary N) is 1. The monoisotopic (exact) mass is 344 g/mol. The molecular formula is C18H24N4O3. The molecule has 1 aliphatic rings. The lowest BCUT2D eigenvalue weighted by molar-refractivity contribution is -0.122. The summed E-state index contributed by atoms with van der Waals surface area (Å²) >= 11 is 0. The van der Waals surface area contributed by atoms with Crippen LogP contribution in [-0.4, -0.2) is 31.9 Å². The Hall–Kier alpha value is -2.41. The summed E-state index contributed by atoms with van der Waals surface area (Å²) in [6.45, 7) is 0.941. The Morgan fingerprint density at radius 2 is 2.04 bits per heavy atom. The minimum Gasteiger partial charge on any atom is -0.388 e. The SMILES string of the molecule is O=C(Cn1nc2n(c1=O)CCCCC2)NCCC(O)c1ccccc1. The second-order valence-corrected chi connectivity index (χ2v) is 6.38. The molecule has 0 fully saturated rings. The lowest BCUT2D eigenvalue weighted by atomic mass is 10.1. The van der Waals surface area contributed by atoms with Crippen molar-refractivity contribution in [2.45, 2.75) is 51.3 Å². The number of aryl methyl sites for hydroxylation is 1. The summed E-state index contributed by atoms with van der Waals surface area (Å²) in [6, 6.07) is 9.33. The maximum absolute atomic E-state index is 12.3. The molecule has 0 aliphatic carbocycles. The van der Waals surface area contributed by atoms with E-state index in [0.29, 0.717) is 19.5 Å². The summed E-state index contributed by atoms with van der Waals surface area (Å²) in [5, 5.41) is 17.1. The topological polar surface area (TPSA) is 89.2 Å². The fraction of sp³-hybridized carbons (Fsp3) is 0.500. The molecule has 0 radical (unpaired) electrons. The van der Waals surface area contributed by atoms with Gasteiger partial charge in [0.05, 0.1) is 6.10 Å². The highest BCUT2D eigenvalue weighted by molar-refractivity contribution is 5.75. The van der Waals surface area contributed by atoms with Crippen molar-refractivity contribution in [1.29, 1.82) is 0 Å². The van der Waals surface area contributed by atoms with Crippen molar-refractivity contribution in [2.75, 3.05) is 6.54 Å². The molecule has 2 heterocycles. The molecule has 2 aromatic rings. The molecule has 0 spiro atoms. The van der Waals surface area contributed by atoms with E-state index in [1.807, 2.05) is 30.3 Å². The maximum atomic E-state index is 12.3. The number of fused-ring (bicyclic) bond motifs is 1. The zero-order valence-corrected chi connectivity index (χ0v) is 14.2. The van der Waals surface area contributed by atoms with Gasteiger partial charge < -0.3 is 10.4 Å². The number of hydrogen-bond acceptors (Lipinski definition) is 4. The van der Waals surface area contributed by atoms with E-state index in [9.17, 15) is 14.7 Å². The Balaban J connectivity index is 1.51. The first-order valence-electron chi connectivity index (χ1n) is 8.81. The van der Waals surface area contributed by atoms with E-state index >= 15 is 0 Å². The highest BCUT2D eigenvalue weighted by atomic mass is 16.3. The van der Waals surface area contributed by atoms with Gasteiger partial charge in [0.1, 0.15) is 12.4 Å². The first-order chi connectivity index (χ1) is 12.1. The first-order valence-corrected chi connectivity index (χ1v) is 8.81. The number of amides is 1. The molecule has 1 aromatic carbocycles. The van der Waals surface area contributed by atoms with Gasteiger partial charge in [-0.25, -0.2) is 9.48 Å². The third-order valence-corrected chi connectivity index (χ3v) is 4.50. The Morgan fingerprint density at radius 3 is 2.84 bits per heavy atom. The Bertz CT molecular complexity index is 766. The smallest absolute Gasteiger partial charge is 0.346 e. The number of carbonyl (C=O) groups excluding carboxylic acids is 1. The van der Waals surface area contributed by atoms with E-state index in [1.165, 1.54) is 4.68 Å². The van der Waals surface area contributed by atoms with Gasteiger partial charge in [-0.3, -0.25) is 9.36 Å². The molecule has 134 valence electrons. The quantitative estimate of drug-likeness (QED) is 0.818. The standard InChI is InChI=1S/C18H24N4O3/c23-15(14-7-3-1-4-8-14)10-11-19-17(24)13-22-18(25)21-12-6-2-5-9-16(21)20-22/h1,3-4,7-8,15,23H,2,5-6,9-13H2,(H,19,24). The molecule has 1 amide bonds. The minimum atomic E-state index is -0.618. The fourth-order valence-corrected chi connectivity index (χ4v) is 3.11. The number of rotatable bonds is 6. The van der Waals surface area contributed by atoms with E-state index < -0.39 is 6.10 Å². The van der Waals surface area contributed by atoms with Crippen LogP contribution < -0.4 is 11.0 Å².